The SMILES string of the molecule is C[C@@H](N)C(=O)NCCC1CCCCO1. The van der Waals surface area contributed by atoms with Gasteiger partial charge in [-0.3, -0.25) is 4.79 Å². The lowest BCUT2D eigenvalue weighted by molar-refractivity contribution is -0.122. The number of carbonyl (C=O) groups is 1. The van der Waals surface area contributed by atoms with E-state index in [1.165, 1.54) is 12.8 Å². The molecular formula is C10H20N2O2. The van der Waals surface area contributed by atoms with Crippen LogP contribution in [-0.2, 0) is 9.53 Å². The maximum atomic E-state index is 11.1. The van der Waals surface area contributed by atoms with Crippen molar-refractivity contribution in [2.24, 2.45) is 5.73 Å². The molecule has 1 aliphatic rings. The molecule has 1 saturated heterocycles. The number of hydrogen-bond donors (Lipinski definition) is 2. The third-order valence-corrected chi connectivity index (χ3v) is 2.45. The number of ether oxygens (including phenoxy) is 1. The van der Waals surface area contributed by atoms with Crippen LogP contribution >= 0.6 is 0 Å². The Bertz CT molecular complexity index is 177. The van der Waals surface area contributed by atoms with Crippen LogP contribution in [-0.4, -0.2) is 31.2 Å². The molecule has 3 N–H and O–H groups in total. The van der Waals surface area contributed by atoms with Gasteiger partial charge in [0.2, 0.25) is 5.91 Å². The summed E-state index contributed by atoms with van der Waals surface area (Å²) in [6, 6.07) is -0.415. The van der Waals surface area contributed by atoms with Crippen LogP contribution in [0.4, 0.5) is 0 Å². The molecule has 2 atom stereocenters. The van der Waals surface area contributed by atoms with Gasteiger partial charge in [-0.25, -0.2) is 0 Å². The van der Waals surface area contributed by atoms with Crippen LogP contribution in [0.25, 0.3) is 0 Å². The van der Waals surface area contributed by atoms with Crippen molar-refractivity contribution in [2.45, 2.75) is 44.8 Å². The lowest BCUT2D eigenvalue weighted by Gasteiger charge is -2.22. The maximum Gasteiger partial charge on any atom is 0.236 e. The largest absolute Gasteiger partial charge is 0.378 e. The summed E-state index contributed by atoms with van der Waals surface area (Å²) in [6.45, 7) is 3.23. The second-order valence-corrected chi connectivity index (χ2v) is 3.86. The molecule has 0 aromatic heterocycles. The lowest BCUT2D eigenvalue weighted by atomic mass is 10.1. The van der Waals surface area contributed by atoms with E-state index in [9.17, 15) is 4.79 Å². The fourth-order valence-electron chi connectivity index (χ4n) is 1.55. The molecule has 1 unspecified atom stereocenters. The van der Waals surface area contributed by atoms with Crippen LogP contribution in [0.3, 0.4) is 0 Å². The number of rotatable bonds is 4. The maximum absolute atomic E-state index is 11.1. The molecule has 0 bridgehead atoms. The first-order valence-electron chi connectivity index (χ1n) is 5.35. The monoisotopic (exact) mass is 200 g/mol. The molecule has 1 heterocycles. The van der Waals surface area contributed by atoms with E-state index in [-0.39, 0.29) is 5.91 Å². The van der Waals surface area contributed by atoms with Crippen LogP contribution in [0.2, 0.25) is 0 Å². The van der Waals surface area contributed by atoms with Gasteiger partial charge in [-0.2, -0.15) is 0 Å². The van der Waals surface area contributed by atoms with E-state index in [0.29, 0.717) is 12.6 Å². The Morgan fingerprint density at radius 2 is 2.43 bits per heavy atom. The van der Waals surface area contributed by atoms with Crippen molar-refractivity contribution in [2.75, 3.05) is 13.2 Å². The first-order valence-corrected chi connectivity index (χ1v) is 5.35. The van der Waals surface area contributed by atoms with Gasteiger partial charge in [-0.15, -0.1) is 0 Å². The average Bonchev–Trinajstić information content (AvgIpc) is 2.19. The van der Waals surface area contributed by atoms with E-state index in [2.05, 4.69) is 5.32 Å². The Kier molecular flexibility index (Phi) is 4.90. The van der Waals surface area contributed by atoms with Crippen LogP contribution < -0.4 is 11.1 Å². The molecule has 0 spiro atoms. The molecule has 1 amide bonds. The summed E-state index contributed by atoms with van der Waals surface area (Å²) in [6.07, 6.45) is 4.76. The second kappa shape index (κ2) is 5.98. The molecule has 0 saturated carbocycles. The highest BCUT2D eigenvalue weighted by Gasteiger charge is 2.14. The minimum Gasteiger partial charge on any atom is -0.378 e. The smallest absolute Gasteiger partial charge is 0.236 e. The van der Waals surface area contributed by atoms with Gasteiger partial charge in [-0.05, 0) is 32.6 Å². The Morgan fingerprint density at radius 1 is 1.64 bits per heavy atom. The highest BCUT2D eigenvalue weighted by Crippen LogP contribution is 2.14. The van der Waals surface area contributed by atoms with E-state index >= 15 is 0 Å². The van der Waals surface area contributed by atoms with Gasteiger partial charge >= 0.3 is 0 Å². The third kappa shape index (κ3) is 4.07. The van der Waals surface area contributed by atoms with Gasteiger partial charge in [0.25, 0.3) is 0 Å². The van der Waals surface area contributed by atoms with Gasteiger partial charge in [0.1, 0.15) is 0 Å². The first kappa shape index (κ1) is 11.5. The van der Waals surface area contributed by atoms with Crippen molar-refractivity contribution in [3.63, 3.8) is 0 Å². The van der Waals surface area contributed by atoms with E-state index in [4.69, 9.17) is 10.5 Å². The summed E-state index contributed by atoms with van der Waals surface area (Å²) in [5.41, 5.74) is 5.41. The zero-order valence-corrected chi connectivity index (χ0v) is 8.79. The number of nitrogens with two attached hydrogens (primary N) is 1. The number of carbonyl (C=O) groups excluding carboxylic acids is 1. The predicted molar refractivity (Wildman–Crippen MR) is 54.9 cm³/mol. The summed E-state index contributed by atoms with van der Waals surface area (Å²) in [7, 11) is 0. The van der Waals surface area contributed by atoms with Gasteiger partial charge in [0.05, 0.1) is 12.1 Å². The van der Waals surface area contributed by atoms with E-state index in [0.717, 1.165) is 19.4 Å². The van der Waals surface area contributed by atoms with Crippen molar-refractivity contribution < 1.29 is 9.53 Å². The number of hydrogen-bond acceptors (Lipinski definition) is 3. The van der Waals surface area contributed by atoms with E-state index in [1.807, 2.05) is 0 Å². The van der Waals surface area contributed by atoms with Crippen LogP contribution in [0.5, 0.6) is 0 Å². The normalized spacial score (nSPS) is 24.3. The van der Waals surface area contributed by atoms with Crippen LogP contribution in [0, 0.1) is 0 Å². The molecule has 1 aliphatic heterocycles. The van der Waals surface area contributed by atoms with Crippen LogP contribution in [0.15, 0.2) is 0 Å². The van der Waals surface area contributed by atoms with Gasteiger partial charge in [0.15, 0.2) is 0 Å². The Balaban J connectivity index is 2.05. The first-order chi connectivity index (χ1) is 6.70. The molecule has 0 aromatic carbocycles. The van der Waals surface area contributed by atoms with E-state index < -0.39 is 6.04 Å². The highest BCUT2D eigenvalue weighted by atomic mass is 16.5. The minimum atomic E-state index is -0.415. The summed E-state index contributed by atoms with van der Waals surface area (Å²) >= 11 is 0. The predicted octanol–water partition coefficient (Wildman–Crippen LogP) is 0.409. The van der Waals surface area contributed by atoms with Crippen molar-refractivity contribution in [3.05, 3.63) is 0 Å². The standard InChI is InChI=1S/C10H20N2O2/c1-8(11)10(13)12-6-5-9-4-2-3-7-14-9/h8-9H,2-7,11H2,1H3,(H,12,13)/t8-,9?/m1/s1. The molecule has 82 valence electrons. The second-order valence-electron chi connectivity index (χ2n) is 3.86. The van der Waals surface area contributed by atoms with Crippen molar-refractivity contribution in [3.8, 4) is 0 Å². The Hall–Kier alpha value is -0.610. The highest BCUT2D eigenvalue weighted by molar-refractivity contribution is 5.80. The molecule has 0 aromatic rings. The van der Waals surface area contributed by atoms with Gasteiger partial charge < -0.3 is 15.8 Å². The zero-order valence-electron chi connectivity index (χ0n) is 8.79. The average molecular weight is 200 g/mol. The molecular weight excluding hydrogens is 180 g/mol. The topological polar surface area (TPSA) is 64.4 Å². The Morgan fingerprint density at radius 3 is 3.00 bits per heavy atom. The summed E-state index contributed by atoms with van der Waals surface area (Å²) in [5, 5.41) is 2.79. The number of amides is 1. The van der Waals surface area contributed by atoms with E-state index in [1.54, 1.807) is 6.92 Å². The van der Waals surface area contributed by atoms with Gasteiger partial charge in [-0.1, -0.05) is 0 Å². The molecule has 4 nitrogen and oxygen atoms in total. The Labute approximate surface area is 85.2 Å². The molecule has 4 heteroatoms. The lowest BCUT2D eigenvalue weighted by Crippen LogP contribution is -2.39. The van der Waals surface area contributed by atoms with Gasteiger partial charge in [0, 0.05) is 13.2 Å². The summed E-state index contributed by atoms with van der Waals surface area (Å²) < 4.78 is 5.54. The molecule has 1 fully saturated rings. The minimum absolute atomic E-state index is 0.0826. The fourth-order valence-corrected chi connectivity index (χ4v) is 1.55. The third-order valence-electron chi connectivity index (χ3n) is 2.45. The van der Waals surface area contributed by atoms with Crippen molar-refractivity contribution in [1.29, 1.82) is 0 Å². The molecule has 0 aliphatic carbocycles. The molecule has 14 heavy (non-hydrogen) atoms. The molecule has 1 rings (SSSR count). The van der Waals surface area contributed by atoms with Crippen molar-refractivity contribution >= 4 is 5.91 Å². The number of nitrogens with one attached hydrogen (secondary N) is 1. The summed E-state index contributed by atoms with van der Waals surface area (Å²) in [4.78, 5) is 11.1. The molecule has 0 radical (unpaired) electrons. The zero-order chi connectivity index (χ0) is 10.4. The fraction of sp³-hybridized carbons (Fsp3) is 0.900. The summed E-state index contributed by atoms with van der Waals surface area (Å²) in [5.74, 6) is -0.0826. The quantitative estimate of drug-likeness (QED) is 0.691. The van der Waals surface area contributed by atoms with Crippen molar-refractivity contribution in [1.82, 2.24) is 5.32 Å². The van der Waals surface area contributed by atoms with Crippen LogP contribution in [0.1, 0.15) is 32.6 Å².